The van der Waals surface area contributed by atoms with E-state index in [1.54, 1.807) is 12.1 Å². The second-order valence-corrected chi connectivity index (χ2v) is 7.05. The lowest BCUT2D eigenvalue weighted by molar-refractivity contribution is 0.601. The van der Waals surface area contributed by atoms with Gasteiger partial charge in [-0.15, -0.1) is 0 Å². The van der Waals surface area contributed by atoms with Gasteiger partial charge in [-0.05, 0) is 46.6 Å². The molecule has 1 aromatic heterocycles. The zero-order valence-electron chi connectivity index (χ0n) is 10.4. The number of nitrogens with one attached hydrogen (secondary N) is 1. The third-order valence-electron chi connectivity index (χ3n) is 2.56. The normalized spacial score (nSPS) is 11.3. The molecular formula is C12H11BrClN3O2S. The predicted octanol–water partition coefficient (Wildman–Crippen LogP) is 3.19. The van der Waals surface area contributed by atoms with Crippen molar-refractivity contribution < 1.29 is 8.42 Å². The van der Waals surface area contributed by atoms with Crippen molar-refractivity contribution in [1.29, 1.82) is 0 Å². The molecule has 1 aromatic carbocycles. The van der Waals surface area contributed by atoms with Crippen molar-refractivity contribution in [2.24, 2.45) is 0 Å². The summed E-state index contributed by atoms with van der Waals surface area (Å²) in [6.45, 7) is 1.83. The average molecular weight is 377 g/mol. The molecule has 0 aliphatic heterocycles. The van der Waals surface area contributed by atoms with Crippen LogP contribution >= 0.6 is 27.5 Å². The number of hydrogen-bond acceptors (Lipinski definition) is 4. The van der Waals surface area contributed by atoms with Crippen LogP contribution in [0.2, 0.25) is 5.02 Å². The molecule has 0 fully saturated rings. The van der Waals surface area contributed by atoms with Gasteiger partial charge in [0.1, 0.15) is 5.82 Å². The standard InChI is InChI=1S/C12H11BrClN3O2S/c1-7-4-9(13)11(6-10(7)14)17-20(18,19)8-2-3-16-12(15)5-8/h2-6,17H,1H3,(H2,15,16). The van der Waals surface area contributed by atoms with E-state index in [9.17, 15) is 8.42 Å². The van der Waals surface area contributed by atoms with Gasteiger partial charge in [-0.1, -0.05) is 11.6 Å². The van der Waals surface area contributed by atoms with E-state index in [-0.39, 0.29) is 10.7 Å². The molecule has 5 nitrogen and oxygen atoms in total. The lowest BCUT2D eigenvalue weighted by atomic mass is 10.2. The highest BCUT2D eigenvalue weighted by Gasteiger charge is 2.17. The Labute approximate surface area is 130 Å². The summed E-state index contributed by atoms with van der Waals surface area (Å²) in [6, 6.07) is 5.93. The van der Waals surface area contributed by atoms with Gasteiger partial charge < -0.3 is 5.73 Å². The molecule has 0 amide bonds. The number of halogens is 2. The Morgan fingerprint density at radius 1 is 1.35 bits per heavy atom. The highest BCUT2D eigenvalue weighted by Crippen LogP contribution is 2.30. The molecule has 0 saturated carbocycles. The van der Waals surface area contributed by atoms with Crippen LogP contribution in [0.4, 0.5) is 11.5 Å². The van der Waals surface area contributed by atoms with Gasteiger partial charge in [0.25, 0.3) is 10.0 Å². The SMILES string of the molecule is Cc1cc(Br)c(NS(=O)(=O)c2ccnc(N)c2)cc1Cl. The maximum absolute atomic E-state index is 12.2. The molecule has 1 heterocycles. The maximum atomic E-state index is 12.2. The van der Waals surface area contributed by atoms with Crippen molar-refractivity contribution in [3.05, 3.63) is 45.5 Å². The van der Waals surface area contributed by atoms with Gasteiger partial charge >= 0.3 is 0 Å². The molecule has 3 N–H and O–H groups in total. The summed E-state index contributed by atoms with van der Waals surface area (Å²) < 4.78 is 27.5. The van der Waals surface area contributed by atoms with Gasteiger partial charge in [0, 0.05) is 21.8 Å². The van der Waals surface area contributed by atoms with Crippen molar-refractivity contribution in [2.75, 3.05) is 10.5 Å². The summed E-state index contributed by atoms with van der Waals surface area (Å²) in [6.07, 6.45) is 1.33. The van der Waals surface area contributed by atoms with Crippen LogP contribution in [-0.4, -0.2) is 13.4 Å². The topological polar surface area (TPSA) is 85.1 Å². The van der Waals surface area contributed by atoms with E-state index in [0.29, 0.717) is 15.2 Å². The van der Waals surface area contributed by atoms with Crippen LogP contribution < -0.4 is 10.5 Å². The van der Waals surface area contributed by atoms with E-state index in [4.69, 9.17) is 17.3 Å². The largest absolute Gasteiger partial charge is 0.384 e. The predicted molar refractivity (Wildman–Crippen MR) is 83.3 cm³/mol. The molecular weight excluding hydrogens is 366 g/mol. The van der Waals surface area contributed by atoms with Gasteiger partial charge in [0.15, 0.2) is 0 Å². The molecule has 0 spiro atoms. The number of benzene rings is 1. The minimum atomic E-state index is -3.75. The number of sulfonamides is 1. The Balaban J connectivity index is 2.41. The fraction of sp³-hybridized carbons (Fsp3) is 0.0833. The molecule has 2 rings (SSSR count). The van der Waals surface area contributed by atoms with E-state index >= 15 is 0 Å². The zero-order chi connectivity index (χ0) is 14.9. The number of aromatic nitrogens is 1. The van der Waals surface area contributed by atoms with Crippen LogP contribution in [0, 0.1) is 6.92 Å². The third kappa shape index (κ3) is 3.23. The first-order valence-corrected chi connectivity index (χ1v) is 8.15. The lowest BCUT2D eigenvalue weighted by Gasteiger charge is -2.11. The van der Waals surface area contributed by atoms with E-state index in [0.717, 1.165) is 5.56 Å². The molecule has 0 saturated heterocycles. The van der Waals surface area contributed by atoms with Crippen LogP contribution in [0.15, 0.2) is 39.8 Å². The number of aryl methyl sites for hydroxylation is 1. The van der Waals surface area contributed by atoms with E-state index in [1.807, 2.05) is 6.92 Å². The summed E-state index contributed by atoms with van der Waals surface area (Å²) in [5.74, 6) is 0.133. The van der Waals surface area contributed by atoms with Crippen LogP contribution in [0.3, 0.4) is 0 Å². The number of nitrogens with zero attached hydrogens (tertiary/aromatic N) is 1. The quantitative estimate of drug-likeness (QED) is 0.861. The minimum Gasteiger partial charge on any atom is -0.384 e. The van der Waals surface area contributed by atoms with Gasteiger partial charge in [0.05, 0.1) is 10.6 Å². The summed E-state index contributed by atoms with van der Waals surface area (Å²) in [7, 11) is -3.75. The summed E-state index contributed by atoms with van der Waals surface area (Å²) in [4.78, 5) is 3.79. The first-order chi connectivity index (χ1) is 9.29. The molecule has 20 heavy (non-hydrogen) atoms. The van der Waals surface area contributed by atoms with Crippen molar-refractivity contribution in [3.8, 4) is 0 Å². The first kappa shape index (κ1) is 15.1. The van der Waals surface area contributed by atoms with Crippen LogP contribution in [0.5, 0.6) is 0 Å². The maximum Gasteiger partial charge on any atom is 0.262 e. The molecule has 0 bridgehead atoms. The second-order valence-electron chi connectivity index (χ2n) is 4.10. The molecule has 0 aliphatic rings. The summed E-state index contributed by atoms with van der Waals surface area (Å²) in [5, 5.41) is 0.472. The summed E-state index contributed by atoms with van der Waals surface area (Å²) in [5.41, 5.74) is 6.69. The lowest BCUT2D eigenvalue weighted by Crippen LogP contribution is -2.14. The molecule has 106 valence electrons. The Hall–Kier alpha value is -1.31. The number of pyridine rings is 1. The monoisotopic (exact) mass is 375 g/mol. The van der Waals surface area contributed by atoms with Crippen LogP contribution in [0.1, 0.15) is 5.56 Å². The van der Waals surface area contributed by atoms with Gasteiger partial charge in [-0.2, -0.15) is 0 Å². The number of nitrogens with two attached hydrogens (primary N) is 1. The van der Waals surface area contributed by atoms with E-state index < -0.39 is 10.0 Å². The Morgan fingerprint density at radius 2 is 2.05 bits per heavy atom. The van der Waals surface area contributed by atoms with Gasteiger partial charge in [0.2, 0.25) is 0 Å². The zero-order valence-corrected chi connectivity index (χ0v) is 13.6. The average Bonchev–Trinajstić information content (AvgIpc) is 2.36. The fourth-order valence-electron chi connectivity index (χ4n) is 1.52. The molecule has 8 heteroatoms. The van der Waals surface area contributed by atoms with Crippen molar-refractivity contribution in [2.45, 2.75) is 11.8 Å². The number of rotatable bonds is 3. The number of nitrogen functional groups attached to an aromatic ring is 1. The smallest absolute Gasteiger partial charge is 0.262 e. The van der Waals surface area contributed by atoms with Crippen molar-refractivity contribution in [3.63, 3.8) is 0 Å². The first-order valence-electron chi connectivity index (χ1n) is 5.49. The van der Waals surface area contributed by atoms with E-state index in [1.165, 1.54) is 18.3 Å². The highest BCUT2D eigenvalue weighted by molar-refractivity contribution is 9.10. The van der Waals surface area contributed by atoms with E-state index in [2.05, 4.69) is 25.6 Å². The molecule has 2 aromatic rings. The Morgan fingerprint density at radius 3 is 2.70 bits per heavy atom. The van der Waals surface area contributed by atoms with Crippen LogP contribution in [-0.2, 0) is 10.0 Å². The van der Waals surface area contributed by atoms with Gasteiger partial charge in [-0.25, -0.2) is 13.4 Å². The number of anilines is 2. The molecule has 0 aliphatic carbocycles. The van der Waals surface area contributed by atoms with Gasteiger partial charge in [-0.3, -0.25) is 4.72 Å². The highest BCUT2D eigenvalue weighted by atomic mass is 79.9. The van der Waals surface area contributed by atoms with Crippen molar-refractivity contribution in [1.82, 2.24) is 4.98 Å². The third-order valence-corrected chi connectivity index (χ3v) is 4.98. The Kier molecular flexibility index (Phi) is 4.22. The minimum absolute atomic E-state index is 0.0357. The molecule has 0 radical (unpaired) electrons. The van der Waals surface area contributed by atoms with Crippen LogP contribution in [0.25, 0.3) is 0 Å². The summed E-state index contributed by atoms with van der Waals surface area (Å²) >= 11 is 9.30. The Bertz CT molecular complexity index is 765. The molecule has 0 unspecified atom stereocenters. The second kappa shape index (κ2) is 5.59. The van der Waals surface area contributed by atoms with Crippen molar-refractivity contribution >= 4 is 49.1 Å². The number of hydrogen-bond donors (Lipinski definition) is 2. The molecule has 0 atom stereocenters. The fourth-order valence-corrected chi connectivity index (χ4v) is 3.47.